The fourth-order valence-corrected chi connectivity index (χ4v) is 2.86. The fraction of sp³-hybridized carbons (Fsp3) is 0.300. The molecule has 0 aliphatic carbocycles. The molecule has 24 heavy (non-hydrogen) atoms. The molecule has 0 fully saturated rings. The van der Waals surface area contributed by atoms with Crippen LogP contribution in [0.5, 0.6) is 0 Å². The molecule has 2 aromatic rings. The lowest BCUT2D eigenvalue weighted by Gasteiger charge is -2.32. The summed E-state index contributed by atoms with van der Waals surface area (Å²) in [6.07, 6.45) is 0.557. The maximum absolute atomic E-state index is 13.0. The van der Waals surface area contributed by atoms with Crippen LogP contribution in [0.15, 0.2) is 48.5 Å². The number of para-hydroxylation sites is 1. The predicted octanol–water partition coefficient (Wildman–Crippen LogP) is 3.44. The highest BCUT2D eigenvalue weighted by molar-refractivity contribution is 5.96. The van der Waals surface area contributed by atoms with Crippen LogP contribution >= 0.6 is 0 Å². The lowest BCUT2D eigenvalue weighted by Crippen LogP contribution is -2.43. The zero-order chi connectivity index (χ0) is 17.5. The Hall–Kier alpha value is -2.46. The Balaban J connectivity index is 2.42. The minimum absolute atomic E-state index is 0.0905. The maximum atomic E-state index is 13.0. The van der Waals surface area contributed by atoms with Crippen molar-refractivity contribution in [1.82, 2.24) is 0 Å². The van der Waals surface area contributed by atoms with Gasteiger partial charge in [-0.25, -0.2) is 0 Å². The molecule has 2 aromatic carbocycles. The van der Waals surface area contributed by atoms with Crippen molar-refractivity contribution in [3.05, 3.63) is 65.2 Å². The maximum Gasteiger partial charge on any atom is 0.233 e. The summed E-state index contributed by atoms with van der Waals surface area (Å²) >= 11 is 0. The molecule has 1 unspecified atom stereocenters. The Bertz CT molecular complexity index is 677. The van der Waals surface area contributed by atoms with Crippen LogP contribution in [0.25, 0.3) is 0 Å². The van der Waals surface area contributed by atoms with Gasteiger partial charge in [-0.1, -0.05) is 48.5 Å². The number of nitrogens with zero attached hydrogens (tertiary/aromatic N) is 1. The van der Waals surface area contributed by atoms with Gasteiger partial charge in [-0.2, -0.15) is 0 Å². The summed E-state index contributed by atoms with van der Waals surface area (Å²) in [5.74, 6) is -0.0905. The van der Waals surface area contributed by atoms with Crippen LogP contribution in [0.3, 0.4) is 0 Å². The summed E-state index contributed by atoms with van der Waals surface area (Å²) in [4.78, 5) is 25.7. The van der Waals surface area contributed by atoms with Crippen molar-refractivity contribution >= 4 is 17.9 Å². The third-order valence-electron chi connectivity index (χ3n) is 4.01. The number of carbonyl (C=O) groups excluding carboxylic acids is 2. The molecular weight excluding hydrogens is 302 g/mol. The molecule has 0 aliphatic heterocycles. The second kappa shape index (κ2) is 8.41. The van der Waals surface area contributed by atoms with Crippen molar-refractivity contribution in [2.24, 2.45) is 0 Å². The van der Waals surface area contributed by atoms with Gasteiger partial charge >= 0.3 is 0 Å². The van der Waals surface area contributed by atoms with Gasteiger partial charge < -0.3 is 9.53 Å². The zero-order valence-corrected chi connectivity index (χ0v) is 14.4. The third kappa shape index (κ3) is 4.09. The van der Waals surface area contributed by atoms with E-state index in [-0.39, 0.29) is 18.7 Å². The molecule has 4 nitrogen and oxygen atoms in total. The monoisotopic (exact) mass is 325 g/mol. The molecule has 2 rings (SSSR count). The van der Waals surface area contributed by atoms with Crippen LogP contribution in [-0.4, -0.2) is 25.5 Å². The minimum Gasteiger partial charge on any atom is -0.361 e. The summed E-state index contributed by atoms with van der Waals surface area (Å²) in [5, 5.41) is 0. The highest BCUT2D eigenvalue weighted by atomic mass is 16.5. The van der Waals surface area contributed by atoms with Crippen LogP contribution in [-0.2, 0) is 20.7 Å². The van der Waals surface area contributed by atoms with E-state index in [0.717, 1.165) is 28.7 Å². The Labute approximate surface area is 143 Å². The summed E-state index contributed by atoms with van der Waals surface area (Å²) < 4.78 is 5.45. The van der Waals surface area contributed by atoms with Crippen LogP contribution in [0.2, 0.25) is 0 Å². The van der Waals surface area contributed by atoms with Gasteiger partial charge in [-0.3, -0.25) is 9.69 Å². The number of hydrogen-bond donors (Lipinski definition) is 0. The Kier molecular flexibility index (Phi) is 6.27. The van der Waals surface area contributed by atoms with Gasteiger partial charge in [0, 0.05) is 13.5 Å². The molecular formula is C20H23NO3. The molecule has 0 aromatic heterocycles. The number of rotatable bonds is 7. The number of aryl methyl sites for hydroxylation is 2. The summed E-state index contributed by atoms with van der Waals surface area (Å²) in [7, 11) is 1.52. The molecule has 0 N–H and O–H groups in total. The predicted molar refractivity (Wildman–Crippen MR) is 95.0 cm³/mol. The van der Waals surface area contributed by atoms with E-state index in [1.54, 1.807) is 4.90 Å². The Morgan fingerprint density at radius 3 is 2.25 bits per heavy atom. The van der Waals surface area contributed by atoms with E-state index in [1.807, 2.05) is 62.4 Å². The van der Waals surface area contributed by atoms with Gasteiger partial charge in [-0.15, -0.1) is 0 Å². The second-order valence-corrected chi connectivity index (χ2v) is 5.76. The summed E-state index contributed by atoms with van der Waals surface area (Å²) in [6.45, 7) is 3.91. The van der Waals surface area contributed by atoms with Gasteiger partial charge in [0.1, 0.15) is 12.5 Å². The number of anilines is 1. The quantitative estimate of drug-likeness (QED) is 0.579. The molecule has 1 amide bonds. The van der Waals surface area contributed by atoms with E-state index in [4.69, 9.17) is 4.74 Å². The zero-order valence-electron chi connectivity index (χ0n) is 14.4. The van der Waals surface area contributed by atoms with Crippen LogP contribution in [0.1, 0.15) is 23.1 Å². The van der Waals surface area contributed by atoms with Crippen LogP contribution in [0, 0.1) is 13.8 Å². The van der Waals surface area contributed by atoms with Crippen LogP contribution < -0.4 is 4.90 Å². The number of carbonyl (C=O) groups is 2. The molecule has 1 atom stereocenters. The van der Waals surface area contributed by atoms with Gasteiger partial charge in [0.25, 0.3) is 0 Å². The van der Waals surface area contributed by atoms with Gasteiger partial charge in [-0.05, 0) is 30.5 Å². The van der Waals surface area contributed by atoms with E-state index in [2.05, 4.69) is 0 Å². The van der Waals surface area contributed by atoms with Crippen molar-refractivity contribution in [3.8, 4) is 0 Å². The molecule has 0 spiro atoms. The van der Waals surface area contributed by atoms with Crippen molar-refractivity contribution < 1.29 is 14.3 Å². The smallest absolute Gasteiger partial charge is 0.233 e. The highest BCUT2D eigenvalue weighted by Crippen LogP contribution is 2.28. The second-order valence-electron chi connectivity index (χ2n) is 5.76. The third-order valence-corrected chi connectivity index (χ3v) is 4.01. The van der Waals surface area contributed by atoms with Crippen LogP contribution in [0.4, 0.5) is 5.69 Å². The summed E-state index contributed by atoms with van der Waals surface area (Å²) in [6, 6.07) is 15.4. The number of aldehydes is 1. The number of methoxy groups -OCH3 is 1. The normalized spacial score (nSPS) is 11.8. The SMILES string of the molecule is COC(CC=O)N(C(=O)Cc1ccccc1)c1c(C)cccc1C. The van der Waals surface area contributed by atoms with Crippen molar-refractivity contribution in [2.45, 2.75) is 32.9 Å². The first kappa shape index (κ1) is 17.9. The number of ether oxygens (including phenoxy) is 1. The molecule has 0 radical (unpaired) electrons. The van der Waals surface area contributed by atoms with Crippen molar-refractivity contribution in [3.63, 3.8) is 0 Å². The molecule has 0 aliphatic rings. The first-order chi connectivity index (χ1) is 11.6. The lowest BCUT2D eigenvalue weighted by atomic mass is 10.1. The van der Waals surface area contributed by atoms with E-state index < -0.39 is 6.23 Å². The number of benzene rings is 2. The Morgan fingerprint density at radius 1 is 1.08 bits per heavy atom. The first-order valence-corrected chi connectivity index (χ1v) is 7.97. The van der Waals surface area contributed by atoms with E-state index in [1.165, 1.54) is 7.11 Å². The minimum atomic E-state index is -0.612. The van der Waals surface area contributed by atoms with E-state index in [9.17, 15) is 9.59 Å². The number of amides is 1. The Morgan fingerprint density at radius 2 is 1.71 bits per heavy atom. The van der Waals surface area contributed by atoms with Gasteiger partial charge in [0.15, 0.2) is 0 Å². The van der Waals surface area contributed by atoms with E-state index >= 15 is 0 Å². The number of hydrogen-bond acceptors (Lipinski definition) is 3. The van der Waals surface area contributed by atoms with E-state index in [0.29, 0.717) is 0 Å². The summed E-state index contributed by atoms with van der Waals surface area (Å²) in [5.41, 5.74) is 3.69. The molecule has 0 saturated heterocycles. The average molecular weight is 325 g/mol. The average Bonchev–Trinajstić information content (AvgIpc) is 2.57. The molecule has 0 saturated carbocycles. The van der Waals surface area contributed by atoms with Crippen molar-refractivity contribution in [2.75, 3.05) is 12.0 Å². The molecule has 126 valence electrons. The van der Waals surface area contributed by atoms with Gasteiger partial charge in [0.2, 0.25) is 5.91 Å². The highest BCUT2D eigenvalue weighted by Gasteiger charge is 2.27. The van der Waals surface area contributed by atoms with Gasteiger partial charge in [0.05, 0.1) is 12.1 Å². The molecule has 0 heterocycles. The fourth-order valence-electron chi connectivity index (χ4n) is 2.86. The lowest BCUT2D eigenvalue weighted by molar-refractivity contribution is -0.121. The standard InChI is InChI=1S/C20H23NO3/c1-15-8-7-9-16(2)20(15)21(19(24-3)12-13-22)18(23)14-17-10-5-4-6-11-17/h4-11,13,19H,12,14H2,1-3H3. The molecule has 4 heteroatoms. The first-order valence-electron chi connectivity index (χ1n) is 7.97. The largest absolute Gasteiger partial charge is 0.361 e. The van der Waals surface area contributed by atoms with Crippen molar-refractivity contribution in [1.29, 1.82) is 0 Å². The topological polar surface area (TPSA) is 46.6 Å². The molecule has 0 bridgehead atoms.